The van der Waals surface area contributed by atoms with Gasteiger partial charge in [-0.3, -0.25) is 9.69 Å². The van der Waals surface area contributed by atoms with Crippen LogP contribution >= 0.6 is 0 Å². The molecule has 27 heavy (non-hydrogen) atoms. The number of amides is 1. The molecule has 3 aliphatic rings. The zero-order valence-electron chi connectivity index (χ0n) is 16.4. The average Bonchev–Trinajstić information content (AvgIpc) is 3.14. The van der Waals surface area contributed by atoms with E-state index < -0.39 is 5.79 Å². The van der Waals surface area contributed by atoms with Gasteiger partial charge in [-0.15, -0.1) is 0 Å². The number of piperidine rings is 1. The fraction of sp³-hybridized carbons (Fsp3) is 0.682. The molecular formula is C22H32N2O3. The predicted molar refractivity (Wildman–Crippen MR) is 104 cm³/mol. The summed E-state index contributed by atoms with van der Waals surface area (Å²) in [5, 5.41) is 3.35. The molecule has 0 unspecified atom stereocenters. The maximum absolute atomic E-state index is 13.3. The van der Waals surface area contributed by atoms with E-state index in [4.69, 9.17) is 9.47 Å². The molecule has 1 aromatic rings. The van der Waals surface area contributed by atoms with Gasteiger partial charge >= 0.3 is 0 Å². The average molecular weight is 373 g/mol. The number of benzene rings is 1. The molecule has 1 aromatic carbocycles. The highest BCUT2D eigenvalue weighted by atomic mass is 16.7. The van der Waals surface area contributed by atoms with E-state index in [-0.39, 0.29) is 11.9 Å². The minimum Gasteiger partial charge on any atom is -0.352 e. The molecule has 4 rings (SSSR count). The fourth-order valence-electron chi connectivity index (χ4n) is 4.71. The Kier molecular flexibility index (Phi) is 5.81. The summed E-state index contributed by atoms with van der Waals surface area (Å²) in [6, 6.07) is 8.51. The van der Waals surface area contributed by atoms with Gasteiger partial charge in [0.15, 0.2) is 5.79 Å². The van der Waals surface area contributed by atoms with Crippen LogP contribution in [0.3, 0.4) is 0 Å². The van der Waals surface area contributed by atoms with Crippen molar-refractivity contribution < 1.29 is 14.3 Å². The summed E-state index contributed by atoms with van der Waals surface area (Å²) in [7, 11) is 0. The van der Waals surface area contributed by atoms with Crippen LogP contribution in [0.25, 0.3) is 0 Å². The summed E-state index contributed by atoms with van der Waals surface area (Å²) >= 11 is 0. The molecule has 5 heteroatoms. The maximum atomic E-state index is 13.3. The van der Waals surface area contributed by atoms with Crippen molar-refractivity contribution in [1.82, 2.24) is 10.2 Å². The Morgan fingerprint density at radius 2 is 1.70 bits per heavy atom. The van der Waals surface area contributed by atoms with E-state index in [9.17, 15) is 4.79 Å². The zero-order valence-corrected chi connectivity index (χ0v) is 16.4. The zero-order chi connectivity index (χ0) is 18.7. The second kappa shape index (κ2) is 8.29. The van der Waals surface area contributed by atoms with Gasteiger partial charge < -0.3 is 14.8 Å². The van der Waals surface area contributed by atoms with Crippen molar-refractivity contribution in [2.45, 2.75) is 69.7 Å². The van der Waals surface area contributed by atoms with Gasteiger partial charge in [0.05, 0.1) is 13.2 Å². The number of ether oxygens (including phenoxy) is 2. The van der Waals surface area contributed by atoms with Crippen LogP contribution in [0.15, 0.2) is 24.3 Å². The topological polar surface area (TPSA) is 50.8 Å². The van der Waals surface area contributed by atoms with Crippen molar-refractivity contribution in [2.75, 3.05) is 26.3 Å². The molecule has 2 saturated heterocycles. The van der Waals surface area contributed by atoms with Crippen LogP contribution in [-0.2, 0) is 14.3 Å². The summed E-state index contributed by atoms with van der Waals surface area (Å²) in [5.41, 5.74) is 2.30. The van der Waals surface area contributed by atoms with Crippen molar-refractivity contribution in [1.29, 1.82) is 0 Å². The number of nitrogens with zero attached hydrogens (tertiary/aromatic N) is 1. The molecule has 3 fully saturated rings. The Morgan fingerprint density at radius 1 is 1.07 bits per heavy atom. The summed E-state index contributed by atoms with van der Waals surface area (Å²) < 4.78 is 11.7. The van der Waals surface area contributed by atoms with E-state index in [1.54, 1.807) is 0 Å². The van der Waals surface area contributed by atoms with E-state index in [0.717, 1.165) is 44.3 Å². The Morgan fingerprint density at radius 3 is 2.33 bits per heavy atom. The maximum Gasteiger partial charge on any atom is 0.242 e. The number of hydrogen-bond donors (Lipinski definition) is 1. The molecular weight excluding hydrogens is 340 g/mol. The van der Waals surface area contributed by atoms with Crippen LogP contribution in [0.5, 0.6) is 0 Å². The number of nitrogens with one attached hydrogen (secondary N) is 1. The lowest BCUT2D eigenvalue weighted by molar-refractivity contribution is -0.189. The standard InChI is InChI=1S/C22H32N2O3/c1-17-7-9-18(10-8-17)20(21(25)23-19-5-3-2-4-6-19)24-13-11-22(12-14-24)26-15-16-27-22/h7-10,19-20H,2-6,11-16H2,1H3,(H,23,25)/t20-/m1/s1. The normalized spacial score (nSPS) is 24.8. The first kappa shape index (κ1) is 18.9. The number of rotatable bonds is 4. The molecule has 1 amide bonds. The first-order valence-electron chi connectivity index (χ1n) is 10.5. The number of carbonyl (C=O) groups excluding carboxylic acids is 1. The monoisotopic (exact) mass is 372 g/mol. The first-order chi connectivity index (χ1) is 13.2. The number of aryl methyl sites for hydroxylation is 1. The minimum atomic E-state index is -0.409. The van der Waals surface area contributed by atoms with Gasteiger partial charge in [-0.2, -0.15) is 0 Å². The van der Waals surface area contributed by atoms with Gasteiger partial charge in [-0.05, 0) is 25.3 Å². The van der Waals surface area contributed by atoms with Gasteiger partial charge in [0.1, 0.15) is 6.04 Å². The van der Waals surface area contributed by atoms with Crippen LogP contribution in [0.4, 0.5) is 0 Å². The van der Waals surface area contributed by atoms with Crippen LogP contribution < -0.4 is 5.32 Å². The molecule has 148 valence electrons. The van der Waals surface area contributed by atoms with E-state index in [2.05, 4.69) is 41.4 Å². The molecule has 1 spiro atoms. The largest absolute Gasteiger partial charge is 0.352 e. The summed E-state index contributed by atoms with van der Waals surface area (Å²) in [4.78, 5) is 15.6. The molecule has 1 N–H and O–H groups in total. The number of likely N-dealkylation sites (tertiary alicyclic amines) is 1. The van der Waals surface area contributed by atoms with Gasteiger partial charge in [0, 0.05) is 32.0 Å². The van der Waals surface area contributed by atoms with Crippen molar-refractivity contribution in [3.63, 3.8) is 0 Å². The van der Waals surface area contributed by atoms with Gasteiger partial charge in [0.2, 0.25) is 5.91 Å². The first-order valence-corrected chi connectivity index (χ1v) is 10.5. The molecule has 2 aliphatic heterocycles. The van der Waals surface area contributed by atoms with Gasteiger partial charge in [-0.1, -0.05) is 49.1 Å². The Labute approximate surface area is 162 Å². The summed E-state index contributed by atoms with van der Waals surface area (Å²) in [6.45, 7) is 5.08. The Bertz CT molecular complexity index is 623. The Hall–Kier alpha value is -1.43. The van der Waals surface area contributed by atoms with Crippen LogP contribution in [0, 0.1) is 6.92 Å². The molecule has 1 atom stereocenters. The van der Waals surface area contributed by atoms with E-state index in [0.29, 0.717) is 19.3 Å². The second-order valence-electron chi connectivity index (χ2n) is 8.30. The quantitative estimate of drug-likeness (QED) is 0.881. The van der Waals surface area contributed by atoms with Crippen LogP contribution in [0.1, 0.15) is 62.1 Å². The minimum absolute atomic E-state index is 0.148. The number of carbonyl (C=O) groups is 1. The molecule has 0 radical (unpaired) electrons. The third-order valence-electron chi connectivity index (χ3n) is 6.33. The molecule has 0 bridgehead atoms. The summed E-state index contributed by atoms with van der Waals surface area (Å²) in [6.07, 6.45) is 7.61. The third-order valence-corrected chi connectivity index (χ3v) is 6.33. The van der Waals surface area contributed by atoms with E-state index in [1.165, 1.54) is 24.8 Å². The molecule has 1 aliphatic carbocycles. The Balaban J connectivity index is 1.49. The van der Waals surface area contributed by atoms with Crippen LogP contribution in [-0.4, -0.2) is 48.9 Å². The SMILES string of the molecule is Cc1ccc([C@H](C(=O)NC2CCCCC2)N2CCC3(CC2)OCCO3)cc1. The lowest BCUT2D eigenvalue weighted by atomic mass is 9.94. The highest BCUT2D eigenvalue weighted by molar-refractivity contribution is 5.83. The van der Waals surface area contributed by atoms with Crippen molar-refractivity contribution in [3.05, 3.63) is 35.4 Å². The molecule has 0 aromatic heterocycles. The predicted octanol–water partition coefficient (Wildman–Crippen LogP) is 3.32. The van der Waals surface area contributed by atoms with Gasteiger partial charge in [-0.25, -0.2) is 0 Å². The van der Waals surface area contributed by atoms with Gasteiger partial charge in [0.25, 0.3) is 0 Å². The number of hydrogen-bond acceptors (Lipinski definition) is 4. The smallest absolute Gasteiger partial charge is 0.242 e. The van der Waals surface area contributed by atoms with E-state index in [1.807, 2.05) is 0 Å². The highest BCUT2D eigenvalue weighted by Crippen LogP contribution is 2.35. The lowest BCUT2D eigenvalue weighted by Crippen LogP contribution is -2.51. The van der Waals surface area contributed by atoms with Crippen LogP contribution in [0.2, 0.25) is 0 Å². The second-order valence-corrected chi connectivity index (χ2v) is 8.30. The molecule has 1 saturated carbocycles. The summed E-state index contributed by atoms with van der Waals surface area (Å²) in [5.74, 6) is -0.260. The fourth-order valence-corrected chi connectivity index (χ4v) is 4.71. The molecule has 2 heterocycles. The van der Waals surface area contributed by atoms with Crippen molar-refractivity contribution >= 4 is 5.91 Å². The third kappa shape index (κ3) is 4.36. The van der Waals surface area contributed by atoms with Crippen molar-refractivity contribution in [2.24, 2.45) is 0 Å². The van der Waals surface area contributed by atoms with Crippen molar-refractivity contribution in [3.8, 4) is 0 Å². The highest BCUT2D eigenvalue weighted by Gasteiger charge is 2.42. The van der Waals surface area contributed by atoms with E-state index >= 15 is 0 Å². The lowest BCUT2D eigenvalue weighted by Gasteiger charge is -2.41. The molecule has 5 nitrogen and oxygen atoms in total.